The Kier molecular flexibility index (Phi) is 4.68. The summed E-state index contributed by atoms with van der Waals surface area (Å²) in [4.78, 5) is 0. The second kappa shape index (κ2) is 6.88. The molecule has 23 heavy (non-hydrogen) atoms. The molecule has 1 aromatic heterocycles. The Labute approximate surface area is 137 Å². The molecule has 3 heteroatoms. The molecule has 2 N–H and O–H groups in total. The first-order valence-electron chi connectivity index (χ1n) is 8.19. The number of ether oxygens (including phenoxy) is 1. The van der Waals surface area contributed by atoms with Gasteiger partial charge in [0.1, 0.15) is 5.75 Å². The van der Waals surface area contributed by atoms with E-state index in [1.807, 2.05) is 19.1 Å². The molecule has 0 aliphatic heterocycles. The van der Waals surface area contributed by atoms with E-state index in [1.54, 1.807) is 0 Å². The van der Waals surface area contributed by atoms with Crippen molar-refractivity contribution in [2.24, 2.45) is 12.8 Å². The Morgan fingerprint density at radius 3 is 2.61 bits per heavy atom. The van der Waals surface area contributed by atoms with Crippen molar-refractivity contribution >= 4 is 10.9 Å². The van der Waals surface area contributed by atoms with Crippen molar-refractivity contribution in [3.8, 4) is 5.75 Å². The number of benzene rings is 2. The zero-order valence-electron chi connectivity index (χ0n) is 13.8. The zero-order valence-corrected chi connectivity index (χ0v) is 13.8. The highest BCUT2D eigenvalue weighted by molar-refractivity contribution is 5.84. The molecule has 120 valence electrons. The molecule has 1 atom stereocenters. The lowest BCUT2D eigenvalue weighted by Crippen LogP contribution is -2.16. The van der Waals surface area contributed by atoms with E-state index in [0.29, 0.717) is 13.2 Å². The van der Waals surface area contributed by atoms with Gasteiger partial charge in [-0.25, -0.2) is 0 Å². The molecule has 3 aromatic rings. The van der Waals surface area contributed by atoms with Gasteiger partial charge in [0.15, 0.2) is 0 Å². The fraction of sp³-hybridized carbons (Fsp3) is 0.300. The molecule has 1 unspecified atom stereocenters. The predicted molar refractivity (Wildman–Crippen MR) is 96.0 cm³/mol. The normalized spacial score (nSPS) is 12.5. The number of aromatic nitrogens is 1. The molecule has 0 saturated heterocycles. The Morgan fingerprint density at radius 1 is 1.09 bits per heavy atom. The SMILES string of the molecule is CCOc1ccccc1C(CN)Cc1cn(C)c2ccccc12. The average Bonchev–Trinajstić information content (AvgIpc) is 2.90. The van der Waals surface area contributed by atoms with Crippen LogP contribution in [-0.2, 0) is 13.5 Å². The Bertz CT molecular complexity index is 791. The first-order valence-corrected chi connectivity index (χ1v) is 8.19. The lowest BCUT2D eigenvalue weighted by atomic mass is 9.91. The average molecular weight is 308 g/mol. The Hall–Kier alpha value is -2.26. The molecule has 1 heterocycles. The summed E-state index contributed by atoms with van der Waals surface area (Å²) in [5.41, 5.74) is 9.90. The number of aryl methyl sites for hydroxylation is 1. The van der Waals surface area contributed by atoms with Crippen LogP contribution in [0.4, 0.5) is 0 Å². The number of nitrogens with zero attached hydrogens (tertiary/aromatic N) is 1. The monoisotopic (exact) mass is 308 g/mol. The Morgan fingerprint density at radius 2 is 1.83 bits per heavy atom. The van der Waals surface area contributed by atoms with E-state index in [4.69, 9.17) is 10.5 Å². The van der Waals surface area contributed by atoms with Gasteiger partial charge in [-0.1, -0.05) is 36.4 Å². The highest BCUT2D eigenvalue weighted by Gasteiger charge is 2.17. The molecule has 3 rings (SSSR count). The number of nitrogens with two attached hydrogens (primary N) is 1. The molecule has 0 radical (unpaired) electrons. The van der Waals surface area contributed by atoms with Crippen LogP contribution in [0.3, 0.4) is 0 Å². The van der Waals surface area contributed by atoms with Crippen LogP contribution in [0.5, 0.6) is 5.75 Å². The van der Waals surface area contributed by atoms with Crippen molar-refractivity contribution < 1.29 is 4.74 Å². The molecule has 0 saturated carbocycles. The maximum Gasteiger partial charge on any atom is 0.122 e. The van der Waals surface area contributed by atoms with Gasteiger partial charge < -0.3 is 15.0 Å². The van der Waals surface area contributed by atoms with Gasteiger partial charge in [-0.05, 0) is 43.1 Å². The van der Waals surface area contributed by atoms with Crippen LogP contribution in [0.1, 0.15) is 24.0 Å². The topological polar surface area (TPSA) is 40.2 Å². The fourth-order valence-electron chi connectivity index (χ4n) is 3.28. The van der Waals surface area contributed by atoms with Crippen molar-refractivity contribution in [1.29, 1.82) is 0 Å². The molecular weight excluding hydrogens is 284 g/mol. The fourth-order valence-corrected chi connectivity index (χ4v) is 3.28. The lowest BCUT2D eigenvalue weighted by Gasteiger charge is -2.18. The summed E-state index contributed by atoms with van der Waals surface area (Å²) in [7, 11) is 2.09. The van der Waals surface area contributed by atoms with Gasteiger partial charge in [0, 0.05) is 30.1 Å². The van der Waals surface area contributed by atoms with Crippen LogP contribution < -0.4 is 10.5 Å². The summed E-state index contributed by atoms with van der Waals surface area (Å²) in [5, 5.41) is 1.31. The molecule has 0 bridgehead atoms. The number of hydrogen-bond acceptors (Lipinski definition) is 2. The van der Waals surface area contributed by atoms with Gasteiger partial charge >= 0.3 is 0 Å². The van der Waals surface area contributed by atoms with Crippen LogP contribution in [0, 0.1) is 0 Å². The highest BCUT2D eigenvalue weighted by Crippen LogP contribution is 2.31. The molecule has 0 spiro atoms. The van der Waals surface area contributed by atoms with Crippen LogP contribution >= 0.6 is 0 Å². The van der Waals surface area contributed by atoms with Crippen molar-refractivity contribution in [3.05, 3.63) is 65.9 Å². The third-order valence-corrected chi connectivity index (χ3v) is 4.39. The highest BCUT2D eigenvalue weighted by atomic mass is 16.5. The van der Waals surface area contributed by atoms with E-state index in [0.717, 1.165) is 12.2 Å². The van der Waals surface area contributed by atoms with Crippen LogP contribution in [0.15, 0.2) is 54.7 Å². The summed E-state index contributed by atoms with van der Waals surface area (Å²) in [5.74, 6) is 1.20. The van der Waals surface area contributed by atoms with Crippen molar-refractivity contribution in [2.75, 3.05) is 13.2 Å². The van der Waals surface area contributed by atoms with Gasteiger partial charge in [0.2, 0.25) is 0 Å². The number of rotatable bonds is 6. The van der Waals surface area contributed by atoms with Crippen LogP contribution in [0.2, 0.25) is 0 Å². The van der Waals surface area contributed by atoms with E-state index >= 15 is 0 Å². The second-order valence-corrected chi connectivity index (χ2v) is 5.89. The first-order chi connectivity index (χ1) is 11.2. The lowest BCUT2D eigenvalue weighted by molar-refractivity contribution is 0.334. The molecular formula is C20H24N2O. The molecule has 2 aromatic carbocycles. The third-order valence-electron chi connectivity index (χ3n) is 4.39. The summed E-state index contributed by atoms with van der Waals surface area (Å²) >= 11 is 0. The molecule has 0 aliphatic carbocycles. The van der Waals surface area contributed by atoms with Crippen molar-refractivity contribution in [3.63, 3.8) is 0 Å². The molecule has 0 amide bonds. The minimum atomic E-state index is 0.253. The number of para-hydroxylation sites is 2. The first kappa shape index (κ1) is 15.6. The van der Waals surface area contributed by atoms with Crippen molar-refractivity contribution in [2.45, 2.75) is 19.3 Å². The van der Waals surface area contributed by atoms with E-state index in [1.165, 1.54) is 22.0 Å². The molecule has 0 fully saturated rings. The second-order valence-electron chi connectivity index (χ2n) is 5.89. The largest absolute Gasteiger partial charge is 0.494 e. The summed E-state index contributed by atoms with van der Waals surface area (Å²) in [6.45, 7) is 3.29. The zero-order chi connectivity index (χ0) is 16.2. The van der Waals surface area contributed by atoms with E-state index in [2.05, 4.69) is 54.2 Å². The van der Waals surface area contributed by atoms with Gasteiger partial charge in [0.25, 0.3) is 0 Å². The maximum atomic E-state index is 6.11. The van der Waals surface area contributed by atoms with E-state index < -0.39 is 0 Å². The standard InChI is InChI=1S/C20H24N2O/c1-3-23-20-11-7-5-9-18(20)15(13-21)12-16-14-22(2)19-10-6-4-8-17(16)19/h4-11,14-15H,3,12-13,21H2,1-2H3. The van der Waals surface area contributed by atoms with E-state index in [9.17, 15) is 0 Å². The van der Waals surface area contributed by atoms with Crippen molar-refractivity contribution in [1.82, 2.24) is 4.57 Å². The minimum absolute atomic E-state index is 0.253. The summed E-state index contributed by atoms with van der Waals surface area (Å²) < 4.78 is 7.98. The number of hydrogen-bond donors (Lipinski definition) is 1. The van der Waals surface area contributed by atoms with Gasteiger partial charge in [-0.2, -0.15) is 0 Å². The number of fused-ring (bicyclic) bond motifs is 1. The van der Waals surface area contributed by atoms with E-state index in [-0.39, 0.29) is 5.92 Å². The summed E-state index contributed by atoms with van der Waals surface area (Å²) in [6, 6.07) is 16.8. The van der Waals surface area contributed by atoms with Gasteiger partial charge in [-0.15, -0.1) is 0 Å². The third kappa shape index (κ3) is 3.10. The Balaban J connectivity index is 1.96. The van der Waals surface area contributed by atoms with Crippen LogP contribution in [-0.4, -0.2) is 17.7 Å². The molecule has 0 aliphatic rings. The smallest absolute Gasteiger partial charge is 0.122 e. The van der Waals surface area contributed by atoms with Gasteiger partial charge in [-0.3, -0.25) is 0 Å². The van der Waals surface area contributed by atoms with Gasteiger partial charge in [0.05, 0.1) is 6.61 Å². The predicted octanol–water partition coefficient (Wildman–Crippen LogP) is 3.86. The quantitative estimate of drug-likeness (QED) is 0.751. The minimum Gasteiger partial charge on any atom is -0.494 e. The maximum absolute atomic E-state index is 6.11. The summed E-state index contributed by atoms with van der Waals surface area (Å²) in [6.07, 6.45) is 3.14. The van der Waals surface area contributed by atoms with Crippen LogP contribution in [0.25, 0.3) is 10.9 Å². The molecule has 3 nitrogen and oxygen atoms in total.